The van der Waals surface area contributed by atoms with Gasteiger partial charge in [0.1, 0.15) is 5.82 Å². The third-order valence-electron chi connectivity index (χ3n) is 3.90. The van der Waals surface area contributed by atoms with Crippen LogP contribution in [0, 0.1) is 12.7 Å². The summed E-state index contributed by atoms with van der Waals surface area (Å²) in [7, 11) is 1.31. The lowest BCUT2D eigenvalue weighted by Gasteiger charge is -2.31. The SMILES string of the molecule is Cc1cc(F)c(C(=O)N2CCCC2(C)C)cc1S(=O)(=O)Cl. The molecular weight excluding hydrogens is 317 g/mol. The second kappa shape index (κ2) is 5.25. The zero-order chi connectivity index (χ0) is 16.0. The van der Waals surface area contributed by atoms with Gasteiger partial charge in [-0.2, -0.15) is 0 Å². The maximum atomic E-state index is 14.1. The van der Waals surface area contributed by atoms with Crippen LogP contribution in [0.2, 0.25) is 0 Å². The summed E-state index contributed by atoms with van der Waals surface area (Å²) in [4.78, 5) is 13.9. The third kappa shape index (κ3) is 3.06. The molecule has 1 aliphatic rings. The molecule has 0 N–H and O–H groups in total. The first-order valence-corrected chi connectivity index (χ1v) is 8.92. The Morgan fingerprint density at radius 1 is 1.38 bits per heavy atom. The average Bonchev–Trinajstić information content (AvgIpc) is 2.66. The molecule has 1 fully saturated rings. The van der Waals surface area contributed by atoms with Crippen LogP contribution in [0.15, 0.2) is 17.0 Å². The average molecular weight is 334 g/mol. The van der Waals surface area contributed by atoms with Gasteiger partial charge in [-0.1, -0.05) is 0 Å². The highest BCUT2D eigenvalue weighted by Gasteiger charge is 2.37. The molecule has 7 heteroatoms. The minimum absolute atomic E-state index is 0.180. The van der Waals surface area contributed by atoms with Crippen LogP contribution in [-0.4, -0.2) is 31.3 Å². The molecule has 0 spiro atoms. The molecular formula is C14H17ClFNO3S. The summed E-state index contributed by atoms with van der Waals surface area (Å²) in [5.41, 5.74) is -0.441. The number of nitrogens with zero attached hydrogens (tertiary/aromatic N) is 1. The molecule has 116 valence electrons. The Balaban J connectivity index is 2.52. The number of rotatable bonds is 2. The zero-order valence-electron chi connectivity index (χ0n) is 12.1. The fourth-order valence-electron chi connectivity index (χ4n) is 2.71. The van der Waals surface area contributed by atoms with Crippen molar-refractivity contribution in [1.29, 1.82) is 0 Å². The van der Waals surface area contributed by atoms with E-state index in [0.29, 0.717) is 6.54 Å². The molecule has 0 unspecified atom stereocenters. The number of aryl methyl sites for hydroxylation is 1. The summed E-state index contributed by atoms with van der Waals surface area (Å²) in [5.74, 6) is -1.24. The first-order valence-electron chi connectivity index (χ1n) is 6.61. The molecule has 4 nitrogen and oxygen atoms in total. The molecule has 0 saturated carbocycles. The highest BCUT2D eigenvalue weighted by atomic mass is 35.7. The predicted molar refractivity (Wildman–Crippen MR) is 78.5 cm³/mol. The quantitative estimate of drug-likeness (QED) is 0.781. The van der Waals surface area contributed by atoms with Crippen molar-refractivity contribution in [3.8, 4) is 0 Å². The summed E-state index contributed by atoms with van der Waals surface area (Å²) in [6.07, 6.45) is 1.67. The van der Waals surface area contributed by atoms with Gasteiger partial charge < -0.3 is 4.90 Å². The Hall–Kier alpha value is -1.14. The van der Waals surface area contributed by atoms with Crippen LogP contribution in [0.25, 0.3) is 0 Å². The largest absolute Gasteiger partial charge is 0.333 e. The molecule has 0 bridgehead atoms. The molecule has 0 aliphatic carbocycles. The van der Waals surface area contributed by atoms with E-state index >= 15 is 0 Å². The van der Waals surface area contributed by atoms with Crippen LogP contribution < -0.4 is 0 Å². The van der Waals surface area contributed by atoms with Crippen molar-refractivity contribution in [3.05, 3.63) is 29.1 Å². The van der Waals surface area contributed by atoms with E-state index in [4.69, 9.17) is 10.7 Å². The molecule has 1 aliphatic heterocycles. The van der Waals surface area contributed by atoms with E-state index in [9.17, 15) is 17.6 Å². The van der Waals surface area contributed by atoms with E-state index in [1.54, 1.807) is 4.90 Å². The summed E-state index contributed by atoms with van der Waals surface area (Å²) < 4.78 is 37.1. The van der Waals surface area contributed by atoms with Crippen LogP contribution in [0.5, 0.6) is 0 Å². The fraction of sp³-hybridized carbons (Fsp3) is 0.500. The number of carbonyl (C=O) groups excluding carboxylic acids is 1. The second-order valence-electron chi connectivity index (χ2n) is 5.91. The van der Waals surface area contributed by atoms with Gasteiger partial charge in [-0.15, -0.1) is 0 Å². The van der Waals surface area contributed by atoms with Gasteiger partial charge >= 0.3 is 0 Å². The van der Waals surface area contributed by atoms with Crippen molar-refractivity contribution in [3.63, 3.8) is 0 Å². The van der Waals surface area contributed by atoms with Crippen molar-refractivity contribution >= 4 is 25.6 Å². The number of hydrogen-bond donors (Lipinski definition) is 0. The summed E-state index contributed by atoms with van der Waals surface area (Å²) in [6, 6.07) is 2.06. The number of hydrogen-bond acceptors (Lipinski definition) is 3. The van der Waals surface area contributed by atoms with Crippen molar-refractivity contribution in [2.45, 2.75) is 44.0 Å². The van der Waals surface area contributed by atoms with E-state index < -0.39 is 20.8 Å². The number of benzene rings is 1. The molecule has 21 heavy (non-hydrogen) atoms. The molecule has 0 radical (unpaired) electrons. The maximum absolute atomic E-state index is 14.1. The van der Waals surface area contributed by atoms with E-state index in [-0.39, 0.29) is 21.6 Å². The van der Waals surface area contributed by atoms with E-state index in [0.717, 1.165) is 25.0 Å². The molecule has 1 aromatic rings. The van der Waals surface area contributed by atoms with Crippen molar-refractivity contribution < 1.29 is 17.6 Å². The minimum Gasteiger partial charge on any atom is -0.333 e. The van der Waals surface area contributed by atoms with Crippen molar-refractivity contribution in [2.75, 3.05) is 6.54 Å². The monoisotopic (exact) mass is 333 g/mol. The van der Waals surface area contributed by atoms with Gasteiger partial charge in [0.2, 0.25) is 0 Å². The molecule has 1 saturated heterocycles. The van der Waals surface area contributed by atoms with Gasteiger partial charge in [-0.25, -0.2) is 12.8 Å². The Bertz CT molecular complexity index is 700. The fourth-order valence-corrected chi connectivity index (χ4v) is 3.91. The molecule has 1 heterocycles. The highest BCUT2D eigenvalue weighted by molar-refractivity contribution is 8.13. The third-order valence-corrected chi connectivity index (χ3v) is 5.37. The molecule has 0 aromatic heterocycles. The van der Waals surface area contributed by atoms with E-state index in [2.05, 4.69) is 0 Å². The normalized spacial score (nSPS) is 18.0. The predicted octanol–water partition coefficient (Wildman–Crippen LogP) is 3.08. The summed E-state index contributed by atoms with van der Waals surface area (Å²) in [6.45, 7) is 5.78. The Kier molecular flexibility index (Phi) is 4.06. The Labute approximate surface area is 128 Å². The standard InChI is InChI=1S/C14H17ClFNO3S/c1-9-7-11(16)10(8-12(9)21(15,19)20)13(18)17-6-4-5-14(17,2)3/h7-8H,4-6H2,1-3H3. The lowest BCUT2D eigenvalue weighted by molar-refractivity contribution is 0.0647. The number of carbonyl (C=O) groups is 1. The summed E-state index contributed by atoms with van der Waals surface area (Å²) >= 11 is 0. The number of halogens is 2. The Morgan fingerprint density at radius 3 is 2.48 bits per heavy atom. The van der Waals surface area contributed by atoms with Crippen LogP contribution in [0.4, 0.5) is 4.39 Å². The first kappa shape index (κ1) is 16.2. The van der Waals surface area contributed by atoms with Crippen molar-refractivity contribution in [1.82, 2.24) is 4.90 Å². The van der Waals surface area contributed by atoms with Gasteiger partial charge in [-0.05, 0) is 51.3 Å². The van der Waals surface area contributed by atoms with Gasteiger partial charge in [0.25, 0.3) is 15.0 Å². The number of amides is 1. The molecule has 1 aromatic carbocycles. The first-order chi connectivity index (χ1) is 9.54. The van der Waals surface area contributed by atoms with Gasteiger partial charge in [0, 0.05) is 22.8 Å². The van der Waals surface area contributed by atoms with E-state index in [1.165, 1.54) is 6.92 Å². The highest BCUT2D eigenvalue weighted by Crippen LogP contribution is 2.31. The van der Waals surface area contributed by atoms with Gasteiger partial charge in [0.15, 0.2) is 0 Å². The van der Waals surface area contributed by atoms with E-state index in [1.807, 2.05) is 13.8 Å². The van der Waals surface area contributed by atoms with Gasteiger partial charge in [-0.3, -0.25) is 4.79 Å². The molecule has 0 atom stereocenters. The molecule has 1 amide bonds. The van der Waals surface area contributed by atoms with Crippen LogP contribution in [0.1, 0.15) is 42.6 Å². The van der Waals surface area contributed by atoms with Gasteiger partial charge in [0.05, 0.1) is 10.5 Å². The van der Waals surface area contributed by atoms with Crippen LogP contribution in [-0.2, 0) is 9.05 Å². The second-order valence-corrected chi connectivity index (χ2v) is 8.44. The van der Waals surface area contributed by atoms with Crippen molar-refractivity contribution in [2.24, 2.45) is 0 Å². The zero-order valence-corrected chi connectivity index (χ0v) is 13.7. The smallest absolute Gasteiger partial charge is 0.261 e. The lowest BCUT2D eigenvalue weighted by Crippen LogP contribution is -2.43. The minimum atomic E-state index is -4.02. The lowest BCUT2D eigenvalue weighted by atomic mass is 10.0. The molecule has 2 rings (SSSR count). The summed E-state index contributed by atoms with van der Waals surface area (Å²) in [5, 5.41) is 0. The van der Waals surface area contributed by atoms with Crippen LogP contribution >= 0.6 is 10.7 Å². The topological polar surface area (TPSA) is 54.5 Å². The van der Waals surface area contributed by atoms with Crippen LogP contribution in [0.3, 0.4) is 0 Å². The number of likely N-dealkylation sites (tertiary alicyclic amines) is 1. The Morgan fingerprint density at radius 2 is 2.00 bits per heavy atom. The maximum Gasteiger partial charge on any atom is 0.261 e.